The molecule has 1 aliphatic heterocycles. The average Bonchev–Trinajstić information content (AvgIpc) is 3.17. The Morgan fingerprint density at radius 1 is 1.12 bits per heavy atom. The van der Waals surface area contributed by atoms with Crippen molar-refractivity contribution in [2.75, 3.05) is 18.4 Å². The molecule has 0 aliphatic carbocycles. The minimum absolute atomic E-state index is 0.240. The molecule has 3 rings (SSSR count). The Morgan fingerprint density at radius 3 is 2.24 bits per heavy atom. The van der Waals surface area contributed by atoms with Crippen LogP contribution in [-0.4, -0.2) is 31.7 Å². The molecule has 25 heavy (non-hydrogen) atoms. The van der Waals surface area contributed by atoms with Crippen molar-refractivity contribution in [2.24, 2.45) is 0 Å². The van der Waals surface area contributed by atoms with Crippen molar-refractivity contribution in [1.29, 1.82) is 0 Å². The van der Waals surface area contributed by atoms with Crippen molar-refractivity contribution in [1.82, 2.24) is 4.31 Å². The predicted molar refractivity (Wildman–Crippen MR) is 98.3 cm³/mol. The first-order valence-electron chi connectivity index (χ1n) is 7.98. The molecule has 0 atom stereocenters. The summed E-state index contributed by atoms with van der Waals surface area (Å²) in [5, 5.41) is 2.76. The van der Waals surface area contributed by atoms with E-state index in [-0.39, 0.29) is 10.8 Å². The molecule has 1 aromatic carbocycles. The second-order valence-corrected chi connectivity index (χ2v) is 8.72. The summed E-state index contributed by atoms with van der Waals surface area (Å²) in [6.45, 7) is 4.62. The van der Waals surface area contributed by atoms with Gasteiger partial charge in [0.1, 0.15) is 11.5 Å². The number of carbonyl (C=O) groups excluding carboxylic acids is 1. The molecule has 134 valence electrons. The number of halogens is 1. The number of furan rings is 1. The van der Waals surface area contributed by atoms with Gasteiger partial charge in [0.2, 0.25) is 10.0 Å². The fraction of sp³-hybridized carbons (Fsp3) is 0.353. The highest BCUT2D eigenvalue weighted by Gasteiger charge is 2.27. The second-order valence-electron chi connectivity index (χ2n) is 5.99. The molecule has 1 aromatic heterocycles. The summed E-state index contributed by atoms with van der Waals surface area (Å²) in [6, 6.07) is 6.23. The molecule has 0 unspecified atom stereocenters. The molecule has 6 nitrogen and oxygen atoms in total. The largest absolute Gasteiger partial charge is 0.465 e. The van der Waals surface area contributed by atoms with Crippen LogP contribution in [0.2, 0.25) is 0 Å². The number of hydrogen-bond donors (Lipinski definition) is 1. The molecular weight excluding hydrogens is 408 g/mol. The Balaban J connectivity index is 1.78. The molecule has 2 heterocycles. The van der Waals surface area contributed by atoms with Crippen LogP contribution in [0.15, 0.2) is 38.1 Å². The minimum Gasteiger partial charge on any atom is -0.465 e. The van der Waals surface area contributed by atoms with Gasteiger partial charge in [-0.2, -0.15) is 4.31 Å². The Kier molecular flexibility index (Phi) is 5.04. The quantitative estimate of drug-likeness (QED) is 0.807. The van der Waals surface area contributed by atoms with Crippen LogP contribution >= 0.6 is 15.9 Å². The Hall–Kier alpha value is -1.64. The van der Waals surface area contributed by atoms with Gasteiger partial charge in [-0.25, -0.2) is 8.42 Å². The van der Waals surface area contributed by atoms with Crippen LogP contribution in [0.25, 0.3) is 0 Å². The zero-order chi connectivity index (χ0) is 18.2. The van der Waals surface area contributed by atoms with E-state index in [1.807, 2.05) is 0 Å². The fourth-order valence-corrected chi connectivity index (χ4v) is 4.95. The highest BCUT2D eigenvalue weighted by molar-refractivity contribution is 9.10. The van der Waals surface area contributed by atoms with Crippen molar-refractivity contribution in [2.45, 2.75) is 31.6 Å². The molecule has 1 saturated heterocycles. The number of anilines is 1. The smallest absolute Gasteiger partial charge is 0.260 e. The van der Waals surface area contributed by atoms with E-state index >= 15 is 0 Å². The summed E-state index contributed by atoms with van der Waals surface area (Å²) in [4.78, 5) is 12.7. The average molecular weight is 427 g/mol. The number of nitrogens with one attached hydrogen (secondary N) is 1. The maximum absolute atomic E-state index is 12.5. The van der Waals surface area contributed by atoms with Crippen molar-refractivity contribution in [3.8, 4) is 0 Å². The topological polar surface area (TPSA) is 79.6 Å². The summed E-state index contributed by atoms with van der Waals surface area (Å²) in [6.07, 6.45) is 1.79. The van der Waals surface area contributed by atoms with Gasteiger partial charge in [0.05, 0.1) is 14.9 Å². The molecule has 1 N–H and O–H groups in total. The lowest BCUT2D eigenvalue weighted by atomic mass is 10.2. The summed E-state index contributed by atoms with van der Waals surface area (Å²) in [7, 11) is -3.45. The van der Waals surface area contributed by atoms with Crippen LogP contribution < -0.4 is 5.32 Å². The van der Waals surface area contributed by atoms with Gasteiger partial charge in [-0.3, -0.25) is 4.79 Å². The molecule has 0 radical (unpaired) electrons. The van der Waals surface area contributed by atoms with Gasteiger partial charge in [0, 0.05) is 18.8 Å². The van der Waals surface area contributed by atoms with Crippen molar-refractivity contribution >= 4 is 37.5 Å². The molecule has 0 saturated carbocycles. The molecule has 8 heteroatoms. The third kappa shape index (κ3) is 3.51. The molecule has 1 aliphatic rings. The number of sulfonamides is 1. The normalized spacial score (nSPS) is 15.5. The van der Waals surface area contributed by atoms with Crippen LogP contribution in [0.1, 0.15) is 34.7 Å². The Morgan fingerprint density at radius 2 is 1.72 bits per heavy atom. The third-order valence-electron chi connectivity index (χ3n) is 4.23. The van der Waals surface area contributed by atoms with Gasteiger partial charge < -0.3 is 9.73 Å². The number of rotatable bonds is 4. The number of aryl methyl sites for hydroxylation is 2. The maximum atomic E-state index is 12.5. The lowest BCUT2D eigenvalue weighted by molar-refractivity contribution is 0.102. The monoisotopic (exact) mass is 426 g/mol. The third-order valence-corrected chi connectivity index (χ3v) is 7.10. The molecule has 0 bridgehead atoms. The molecular formula is C17H19BrN2O4S. The Bertz CT molecular complexity index is 897. The van der Waals surface area contributed by atoms with Gasteiger partial charge >= 0.3 is 0 Å². The van der Waals surface area contributed by atoms with E-state index in [9.17, 15) is 13.2 Å². The zero-order valence-electron chi connectivity index (χ0n) is 14.0. The van der Waals surface area contributed by atoms with E-state index < -0.39 is 10.0 Å². The summed E-state index contributed by atoms with van der Waals surface area (Å²) in [5.74, 6) is 0.848. The first-order chi connectivity index (χ1) is 11.8. The number of amides is 1. The van der Waals surface area contributed by atoms with Crippen LogP contribution in [0.5, 0.6) is 0 Å². The zero-order valence-corrected chi connectivity index (χ0v) is 16.4. The van der Waals surface area contributed by atoms with E-state index in [0.29, 0.717) is 40.3 Å². The van der Waals surface area contributed by atoms with E-state index in [1.54, 1.807) is 26.0 Å². The van der Waals surface area contributed by atoms with Crippen molar-refractivity contribution in [3.05, 3.63) is 45.8 Å². The molecule has 2 aromatic rings. The van der Waals surface area contributed by atoms with Gasteiger partial charge in [0.15, 0.2) is 0 Å². The summed E-state index contributed by atoms with van der Waals surface area (Å²) in [5.41, 5.74) is 0.960. The molecule has 1 amide bonds. The molecule has 0 spiro atoms. The highest BCUT2D eigenvalue weighted by Crippen LogP contribution is 2.28. The first-order valence-corrected chi connectivity index (χ1v) is 10.2. The standard InChI is InChI=1S/C17H19BrN2O4S/c1-11-15(16(18)12(2)24-11)17(21)19-13-5-7-14(8-6-13)25(22,23)20-9-3-4-10-20/h5-8H,3-4,9-10H2,1-2H3,(H,19,21). The van der Waals surface area contributed by atoms with E-state index in [2.05, 4.69) is 21.2 Å². The predicted octanol–water partition coefficient (Wildman–Crippen LogP) is 3.70. The van der Waals surface area contributed by atoms with E-state index in [0.717, 1.165) is 12.8 Å². The fourth-order valence-electron chi connectivity index (χ4n) is 2.90. The van der Waals surface area contributed by atoms with Gasteiger partial charge in [-0.15, -0.1) is 0 Å². The van der Waals surface area contributed by atoms with Crippen LogP contribution in [-0.2, 0) is 10.0 Å². The number of hydrogen-bond acceptors (Lipinski definition) is 4. The highest BCUT2D eigenvalue weighted by atomic mass is 79.9. The lowest BCUT2D eigenvalue weighted by Crippen LogP contribution is -2.27. The van der Waals surface area contributed by atoms with E-state index in [4.69, 9.17) is 4.42 Å². The van der Waals surface area contributed by atoms with Crippen molar-refractivity contribution in [3.63, 3.8) is 0 Å². The van der Waals surface area contributed by atoms with Crippen LogP contribution in [0.4, 0.5) is 5.69 Å². The summed E-state index contributed by atoms with van der Waals surface area (Å²) < 4.78 is 32.6. The number of carbonyl (C=O) groups is 1. The summed E-state index contributed by atoms with van der Waals surface area (Å²) >= 11 is 3.35. The minimum atomic E-state index is -3.45. The number of benzene rings is 1. The first kappa shape index (κ1) is 18.2. The van der Waals surface area contributed by atoms with Gasteiger partial charge in [0.25, 0.3) is 5.91 Å². The van der Waals surface area contributed by atoms with Gasteiger partial charge in [-0.1, -0.05) is 0 Å². The SMILES string of the molecule is Cc1oc(C)c(C(=O)Nc2ccc(S(=O)(=O)N3CCCC3)cc2)c1Br. The maximum Gasteiger partial charge on any atom is 0.260 e. The van der Waals surface area contributed by atoms with Gasteiger partial charge in [-0.05, 0) is 66.9 Å². The van der Waals surface area contributed by atoms with Crippen LogP contribution in [0, 0.1) is 13.8 Å². The molecule has 1 fully saturated rings. The van der Waals surface area contributed by atoms with Crippen molar-refractivity contribution < 1.29 is 17.6 Å². The lowest BCUT2D eigenvalue weighted by Gasteiger charge is -2.15. The number of nitrogens with zero attached hydrogens (tertiary/aromatic N) is 1. The Labute approximate surface area is 155 Å². The second kappa shape index (κ2) is 6.93. The van der Waals surface area contributed by atoms with Crippen LogP contribution in [0.3, 0.4) is 0 Å². The van der Waals surface area contributed by atoms with E-state index in [1.165, 1.54) is 16.4 Å².